The minimum absolute atomic E-state index is 0.373. The van der Waals surface area contributed by atoms with Crippen molar-refractivity contribution < 1.29 is 9.53 Å². The van der Waals surface area contributed by atoms with Gasteiger partial charge in [-0.05, 0) is 47.8 Å². The Labute approximate surface area is 137 Å². The number of fused-ring (bicyclic) bond motifs is 1. The third-order valence-electron chi connectivity index (χ3n) is 3.60. The topological polar surface area (TPSA) is 106 Å². The molecule has 3 rings (SSSR count). The number of aryl methyl sites for hydroxylation is 1. The molecule has 0 saturated carbocycles. The summed E-state index contributed by atoms with van der Waals surface area (Å²) in [6.07, 6.45) is 0. The summed E-state index contributed by atoms with van der Waals surface area (Å²) in [6, 6.07) is 10.8. The van der Waals surface area contributed by atoms with Crippen molar-refractivity contribution in [2.75, 3.05) is 7.11 Å². The monoisotopic (exact) mass is 322 g/mol. The smallest absolute Gasteiger partial charge is 0.337 e. The Hall–Kier alpha value is -3.38. The van der Waals surface area contributed by atoms with E-state index in [-0.39, 0.29) is 5.97 Å². The molecule has 0 aliphatic heterocycles. The third-order valence-corrected chi connectivity index (χ3v) is 3.60. The number of aromatic nitrogens is 3. The van der Waals surface area contributed by atoms with Crippen LogP contribution in [0.25, 0.3) is 21.5 Å². The number of benzene rings is 2. The predicted octanol–water partition coefficient (Wildman–Crippen LogP) is 3.52. The van der Waals surface area contributed by atoms with Gasteiger partial charge < -0.3 is 4.74 Å². The highest BCUT2D eigenvalue weighted by molar-refractivity contribution is 5.89. The van der Waals surface area contributed by atoms with E-state index >= 15 is 0 Å². The first-order valence-electron chi connectivity index (χ1n) is 7.18. The Morgan fingerprint density at radius 3 is 2.75 bits per heavy atom. The van der Waals surface area contributed by atoms with Crippen LogP contribution in [0.4, 0.5) is 5.69 Å². The minimum atomic E-state index is -0.373. The van der Waals surface area contributed by atoms with E-state index in [9.17, 15) is 4.79 Å². The van der Waals surface area contributed by atoms with Crippen molar-refractivity contribution in [3.8, 4) is 0 Å². The van der Waals surface area contributed by atoms with Gasteiger partial charge in [-0.2, -0.15) is 0 Å². The molecule has 1 aromatic heterocycles. The summed E-state index contributed by atoms with van der Waals surface area (Å²) >= 11 is 0. The van der Waals surface area contributed by atoms with Crippen LogP contribution in [0.2, 0.25) is 0 Å². The highest BCUT2D eigenvalue weighted by atomic mass is 16.5. The molecule has 120 valence electrons. The van der Waals surface area contributed by atoms with E-state index in [1.165, 1.54) is 7.11 Å². The maximum absolute atomic E-state index is 11.5. The summed E-state index contributed by atoms with van der Waals surface area (Å²) in [7, 11) is 1.35. The number of hydrogen-bond donors (Lipinski definition) is 0. The van der Waals surface area contributed by atoms with Crippen molar-refractivity contribution in [3.63, 3.8) is 0 Å². The summed E-state index contributed by atoms with van der Waals surface area (Å²) in [5, 5.41) is 11.9. The van der Waals surface area contributed by atoms with Crippen molar-refractivity contribution in [3.05, 3.63) is 63.5 Å². The van der Waals surface area contributed by atoms with Crippen molar-refractivity contribution in [2.45, 2.75) is 13.5 Å². The zero-order valence-electron chi connectivity index (χ0n) is 13.2. The fourth-order valence-electron chi connectivity index (χ4n) is 2.47. The molecule has 24 heavy (non-hydrogen) atoms. The molecular weight excluding hydrogens is 308 g/mol. The number of rotatable bonds is 4. The second kappa shape index (κ2) is 6.39. The Kier molecular flexibility index (Phi) is 4.13. The molecule has 0 spiro atoms. The Morgan fingerprint density at radius 1 is 1.33 bits per heavy atom. The van der Waals surface area contributed by atoms with E-state index < -0.39 is 0 Å². The molecule has 0 amide bonds. The highest BCUT2D eigenvalue weighted by Gasteiger charge is 2.10. The van der Waals surface area contributed by atoms with Gasteiger partial charge in [0.2, 0.25) is 0 Å². The molecule has 0 bridgehead atoms. The van der Waals surface area contributed by atoms with Crippen LogP contribution in [-0.4, -0.2) is 28.1 Å². The molecule has 3 aromatic rings. The van der Waals surface area contributed by atoms with Crippen LogP contribution in [0, 0.1) is 6.92 Å². The molecule has 0 aliphatic carbocycles. The lowest BCUT2D eigenvalue weighted by atomic mass is 10.1. The zero-order chi connectivity index (χ0) is 17.1. The predicted molar refractivity (Wildman–Crippen MR) is 88.0 cm³/mol. The highest BCUT2D eigenvalue weighted by Crippen LogP contribution is 2.26. The molecule has 0 N–H and O–H groups in total. The molecule has 0 unspecified atom stereocenters. The summed E-state index contributed by atoms with van der Waals surface area (Å²) in [5.74, 6) is -0.373. The number of azide groups is 1. The lowest BCUT2D eigenvalue weighted by Crippen LogP contribution is -2.04. The lowest BCUT2D eigenvalue weighted by molar-refractivity contribution is 0.0600. The fourth-order valence-corrected chi connectivity index (χ4v) is 2.47. The van der Waals surface area contributed by atoms with Gasteiger partial charge in [0, 0.05) is 4.91 Å². The largest absolute Gasteiger partial charge is 0.465 e. The number of carbonyl (C=O) groups excluding carboxylic acids is 1. The molecule has 8 nitrogen and oxygen atoms in total. The molecule has 2 aromatic carbocycles. The van der Waals surface area contributed by atoms with Gasteiger partial charge in [0.1, 0.15) is 5.52 Å². The van der Waals surface area contributed by atoms with Crippen LogP contribution in [0.3, 0.4) is 0 Å². The van der Waals surface area contributed by atoms with Crippen molar-refractivity contribution in [1.29, 1.82) is 0 Å². The number of hydrogen-bond acceptors (Lipinski definition) is 5. The minimum Gasteiger partial charge on any atom is -0.465 e. The normalized spacial score (nSPS) is 10.4. The van der Waals surface area contributed by atoms with Crippen LogP contribution in [0.1, 0.15) is 21.5 Å². The first-order valence-corrected chi connectivity index (χ1v) is 7.18. The SMILES string of the molecule is COC(=O)c1ccc(Cn2nnc3c(N=[N+]=[N-])cc(C)cc32)cc1. The second-order valence-electron chi connectivity index (χ2n) is 5.28. The average molecular weight is 322 g/mol. The maximum atomic E-state index is 11.5. The molecule has 0 aliphatic rings. The van der Waals surface area contributed by atoms with Crippen LogP contribution >= 0.6 is 0 Å². The molecule has 0 saturated heterocycles. The van der Waals surface area contributed by atoms with E-state index in [0.717, 1.165) is 16.6 Å². The molecule has 0 radical (unpaired) electrons. The van der Waals surface area contributed by atoms with Crippen LogP contribution in [-0.2, 0) is 11.3 Å². The fraction of sp³-hybridized carbons (Fsp3) is 0.188. The average Bonchev–Trinajstić information content (AvgIpc) is 2.98. The van der Waals surface area contributed by atoms with Gasteiger partial charge in [0.05, 0.1) is 30.4 Å². The molecule has 8 heteroatoms. The zero-order valence-corrected chi connectivity index (χ0v) is 13.2. The van der Waals surface area contributed by atoms with Gasteiger partial charge in [-0.3, -0.25) is 0 Å². The molecule has 0 fully saturated rings. The van der Waals surface area contributed by atoms with Gasteiger partial charge in [0.25, 0.3) is 0 Å². The van der Waals surface area contributed by atoms with E-state index in [1.807, 2.05) is 25.1 Å². The second-order valence-corrected chi connectivity index (χ2v) is 5.28. The maximum Gasteiger partial charge on any atom is 0.337 e. The van der Waals surface area contributed by atoms with Crippen LogP contribution < -0.4 is 0 Å². The molecular formula is C16H14N6O2. The summed E-state index contributed by atoms with van der Waals surface area (Å²) in [4.78, 5) is 14.3. The van der Waals surface area contributed by atoms with Gasteiger partial charge >= 0.3 is 5.97 Å². The first-order chi connectivity index (χ1) is 11.6. The third kappa shape index (κ3) is 2.90. The lowest BCUT2D eigenvalue weighted by Gasteiger charge is -2.05. The van der Waals surface area contributed by atoms with Gasteiger partial charge in [0.15, 0.2) is 0 Å². The summed E-state index contributed by atoms with van der Waals surface area (Å²) in [6.45, 7) is 2.40. The summed E-state index contributed by atoms with van der Waals surface area (Å²) in [5.41, 5.74) is 12.9. The first kappa shape index (κ1) is 15.5. The van der Waals surface area contributed by atoms with Gasteiger partial charge in [-0.25, -0.2) is 9.48 Å². The van der Waals surface area contributed by atoms with E-state index in [1.54, 1.807) is 22.9 Å². The van der Waals surface area contributed by atoms with E-state index in [4.69, 9.17) is 5.53 Å². The van der Waals surface area contributed by atoms with Crippen molar-refractivity contribution >= 4 is 22.7 Å². The van der Waals surface area contributed by atoms with E-state index in [2.05, 4.69) is 25.1 Å². The Balaban J connectivity index is 1.96. The number of carbonyl (C=O) groups is 1. The number of methoxy groups -OCH3 is 1. The van der Waals surface area contributed by atoms with Crippen molar-refractivity contribution in [1.82, 2.24) is 15.0 Å². The summed E-state index contributed by atoms with van der Waals surface area (Å²) < 4.78 is 6.41. The Morgan fingerprint density at radius 2 is 2.08 bits per heavy atom. The van der Waals surface area contributed by atoms with E-state index in [0.29, 0.717) is 23.3 Å². The number of ether oxygens (including phenoxy) is 1. The van der Waals surface area contributed by atoms with Gasteiger partial charge in [-0.1, -0.05) is 22.5 Å². The van der Waals surface area contributed by atoms with Crippen LogP contribution in [0.15, 0.2) is 41.5 Å². The number of nitrogens with zero attached hydrogens (tertiary/aromatic N) is 6. The number of esters is 1. The Bertz CT molecular complexity index is 955. The van der Waals surface area contributed by atoms with Gasteiger partial charge in [-0.15, -0.1) is 5.10 Å². The quantitative estimate of drug-likeness (QED) is 0.317. The van der Waals surface area contributed by atoms with Crippen LogP contribution in [0.5, 0.6) is 0 Å². The standard InChI is InChI=1S/C16H14N6O2/c1-10-7-13(18-20-17)15-14(8-10)22(21-19-15)9-11-3-5-12(6-4-11)16(23)24-2/h3-8H,9H2,1-2H3. The molecule has 1 heterocycles. The van der Waals surface area contributed by atoms with Crippen molar-refractivity contribution in [2.24, 2.45) is 5.11 Å². The molecule has 0 atom stereocenters.